The lowest BCUT2D eigenvalue weighted by atomic mass is 10.0. The first-order valence-electron chi connectivity index (χ1n) is 7.39. The standard InChI is InChI=1S/C17H9F3N2O4/c18-17(19,20)8-3-4-10-9(6-8)15(26-7-12(23)24)13-14(21-10)11-2-1-5-22(11)16(13)25/h1-6H,7H2,(H,23,24). The average Bonchev–Trinajstić information content (AvgIpc) is 3.14. The maximum atomic E-state index is 13.1. The van der Waals surface area contributed by atoms with Gasteiger partial charge in [-0.15, -0.1) is 0 Å². The summed E-state index contributed by atoms with van der Waals surface area (Å²) in [6.07, 6.45) is -3.11. The van der Waals surface area contributed by atoms with Crippen molar-refractivity contribution in [1.29, 1.82) is 0 Å². The molecule has 1 aliphatic heterocycles. The average molecular weight is 362 g/mol. The van der Waals surface area contributed by atoms with Crippen LogP contribution in [0.1, 0.15) is 15.9 Å². The van der Waals surface area contributed by atoms with Gasteiger partial charge in [0, 0.05) is 11.6 Å². The van der Waals surface area contributed by atoms with Crippen molar-refractivity contribution in [3.8, 4) is 17.1 Å². The molecule has 0 fully saturated rings. The van der Waals surface area contributed by atoms with Crippen LogP contribution < -0.4 is 4.74 Å². The fraction of sp³-hybridized carbons (Fsp3) is 0.118. The Morgan fingerprint density at radius 1 is 1.27 bits per heavy atom. The van der Waals surface area contributed by atoms with Gasteiger partial charge in [0.2, 0.25) is 0 Å². The van der Waals surface area contributed by atoms with Crippen molar-refractivity contribution in [2.75, 3.05) is 6.61 Å². The van der Waals surface area contributed by atoms with Gasteiger partial charge >= 0.3 is 12.1 Å². The summed E-state index contributed by atoms with van der Waals surface area (Å²) in [4.78, 5) is 27.8. The lowest BCUT2D eigenvalue weighted by Crippen LogP contribution is -2.14. The number of halogens is 3. The highest BCUT2D eigenvalue weighted by Gasteiger charge is 2.35. The number of fused-ring (bicyclic) bond motifs is 4. The topological polar surface area (TPSA) is 81.4 Å². The molecule has 1 aliphatic rings. The molecule has 0 aliphatic carbocycles. The number of carbonyl (C=O) groups is 2. The number of rotatable bonds is 3. The van der Waals surface area contributed by atoms with Crippen molar-refractivity contribution in [2.24, 2.45) is 0 Å². The molecule has 4 rings (SSSR count). The molecule has 132 valence electrons. The first kappa shape index (κ1) is 16.1. The van der Waals surface area contributed by atoms with Gasteiger partial charge in [0.25, 0.3) is 5.91 Å². The van der Waals surface area contributed by atoms with E-state index in [-0.39, 0.29) is 27.9 Å². The number of alkyl halides is 3. The van der Waals surface area contributed by atoms with Crippen molar-refractivity contribution in [3.63, 3.8) is 0 Å². The van der Waals surface area contributed by atoms with E-state index in [1.165, 1.54) is 16.8 Å². The largest absolute Gasteiger partial charge is 0.480 e. The van der Waals surface area contributed by atoms with Crippen LogP contribution >= 0.6 is 0 Å². The van der Waals surface area contributed by atoms with Crippen molar-refractivity contribution in [2.45, 2.75) is 6.18 Å². The Bertz CT molecular complexity index is 1090. The Morgan fingerprint density at radius 3 is 2.73 bits per heavy atom. The van der Waals surface area contributed by atoms with Gasteiger partial charge in [-0.3, -0.25) is 9.36 Å². The van der Waals surface area contributed by atoms with Crippen molar-refractivity contribution < 1.29 is 32.6 Å². The molecule has 1 N–H and O–H groups in total. The molecule has 0 atom stereocenters. The molecule has 9 heteroatoms. The number of hydrogen-bond acceptors (Lipinski definition) is 4. The van der Waals surface area contributed by atoms with E-state index in [2.05, 4.69) is 4.98 Å². The zero-order chi connectivity index (χ0) is 18.6. The first-order valence-corrected chi connectivity index (χ1v) is 7.39. The second kappa shape index (κ2) is 5.32. The normalized spacial score (nSPS) is 13.0. The third kappa shape index (κ3) is 2.32. The highest BCUT2D eigenvalue weighted by molar-refractivity contribution is 6.13. The number of ether oxygens (including phenoxy) is 1. The number of carbonyl (C=O) groups excluding carboxylic acids is 1. The molecule has 0 saturated heterocycles. The smallest absolute Gasteiger partial charge is 0.416 e. The molecular formula is C17H9F3N2O4. The third-order valence-electron chi connectivity index (χ3n) is 4.03. The van der Waals surface area contributed by atoms with E-state index in [9.17, 15) is 22.8 Å². The van der Waals surface area contributed by atoms with Gasteiger partial charge in [-0.05, 0) is 30.3 Å². The molecule has 0 unspecified atom stereocenters. The van der Waals surface area contributed by atoms with Gasteiger partial charge in [0.1, 0.15) is 17.0 Å². The molecular weight excluding hydrogens is 353 g/mol. The third-order valence-corrected chi connectivity index (χ3v) is 4.03. The summed E-state index contributed by atoms with van der Waals surface area (Å²) in [7, 11) is 0. The zero-order valence-electron chi connectivity index (χ0n) is 12.9. The Hall–Kier alpha value is -3.36. The summed E-state index contributed by atoms with van der Waals surface area (Å²) in [5.74, 6) is -2.07. The molecule has 0 bridgehead atoms. The summed E-state index contributed by atoms with van der Waals surface area (Å²) in [6.45, 7) is -0.802. The molecule has 1 aromatic carbocycles. The van der Waals surface area contributed by atoms with E-state index in [0.717, 1.165) is 12.1 Å². The number of aromatic nitrogens is 2. The van der Waals surface area contributed by atoms with E-state index in [1.54, 1.807) is 12.1 Å². The van der Waals surface area contributed by atoms with Gasteiger partial charge in [-0.25, -0.2) is 9.78 Å². The Kier molecular flexibility index (Phi) is 3.30. The van der Waals surface area contributed by atoms with E-state index >= 15 is 0 Å². The maximum absolute atomic E-state index is 13.1. The van der Waals surface area contributed by atoms with Crippen molar-refractivity contribution >= 4 is 22.8 Å². The van der Waals surface area contributed by atoms with Crippen LogP contribution in [0.15, 0.2) is 36.5 Å². The van der Waals surface area contributed by atoms with Gasteiger partial charge in [0.05, 0.1) is 16.8 Å². The number of hydrogen-bond donors (Lipinski definition) is 1. The SMILES string of the molecule is O=C(O)COc1c2c(nc3ccc(C(F)(F)F)cc13)-c1cccn1C2=O. The second-order valence-electron chi connectivity index (χ2n) is 5.65. The van der Waals surface area contributed by atoms with Crippen LogP contribution in [0, 0.1) is 0 Å². The predicted molar refractivity (Wildman–Crippen MR) is 83.0 cm³/mol. The molecule has 3 heterocycles. The fourth-order valence-electron chi connectivity index (χ4n) is 2.95. The van der Waals surface area contributed by atoms with E-state index in [0.29, 0.717) is 5.69 Å². The van der Waals surface area contributed by atoms with E-state index < -0.39 is 30.2 Å². The lowest BCUT2D eigenvalue weighted by molar-refractivity contribution is -0.139. The van der Waals surface area contributed by atoms with Crippen LogP contribution in [-0.4, -0.2) is 33.1 Å². The minimum Gasteiger partial charge on any atom is -0.480 e. The lowest BCUT2D eigenvalue weighted by Gasteiger charge is -2.13. The van der Waals surface area contributed by atoms with E-state index in [1.807, 2.05) is 0 Å². The summed E-state index contributed by atoms with van der Waals surface area (Å²) < 4.78 is 45.7. The maximum Gasteiger partial charge on any atom is 0.416 e. The quantitative estimate of drug-likeness (QED) is 0.605. The van der Waals surface area contributed by atoms with Crippen LogP contribution in [0.2, 0.25) is 0 Å². The van der Waals surface area contributed by atoms with Crippen LogP contribution in [0.5, 0.6) is 5.75 Å². The van der Waals surface area contributed by atoms with Crippen LogP contribution in [-0.2, 0) is 11.0 Å². The molecule has 3 aromatic rings. The molecule has 26 heavy (non-hydrogen) atoms. The summed E-state index contributed by atoms with van der Waals surface area (Å²) in [6, 6.07) is 6.11. The Morgan fingerprint density at radius 2 is 2.04 bits per heavy atom. The summed E-state index contributed by atoms with van der Waals surface area (Å²) >= 11 is 0. The van der Waals surface area contributed by atoms with Crippen LogP contribution in [0.4, 0.5) is 13.2 Å². The molecule has 0 saturated carbocycles. The molecule has 6 nitrogen and oxygen atoms in total. The number of carboxylic acid groups (broad SMARTS) is 1. The van der Waals surface area contributed by atoms with Crippen LogP contribution in [0.25, 0.3) is 22.3 Å². The molecule has 2 aromatic heterocycles. The predicted octanol–water partition coefficient (Wildman–Crippen LogP) is 3.19. The number of aliphatic carboxylic acids is 1. The molecule has 0 spiro atoms. The number of pyridine rings is 1. The molecule has 0 radical (unpaired) electrons. The van der Waals surface area contributed by atoms with Gasteiger partial charge < -0.3 is 9.84 Å². The monoisotopic (exact) mass is 362 g/mol. The summed E-state index contributed by atoms with van der Waals surface area (Å²) in [5, 5.41) is 8.80. The van der Waals surface area contributed by atoms with Crippen molar-refractivity contribution in [3.05, 3.63) is 47.7 Å². The second-order valence-corrected chi connectivity index (χ2v) is 5.65. The highest BCUT2D eigenvalue weighted by Crippen LogP contribution is 2.42. The van der Waals surface area contributed by atoms with Crippen LogP contribution in [0.3, 0.4) is 0 Å². The minimum absolute atomic E-state index is 0.0475. The number of benzene rings is 1. The zero-order valence-corrected chi connectivity index (χ0v) is 12.9. The number of carboxylic acids is 1. The van der Waals surface area contributed by atoms with E-state index in [4.69, 9.17) is 9.84 Å². The number of nitrogens with zero attached hydrogens (tertiary/aromatic N) is 2. The fourth-order valence-corrected chi connectivity index (χ4v) is 2.95. The van der Waals surface area contributed by atoms with Crippen molar-refractivity contribution in [1.82, 2.24) is 9.55 Å². The highest BCUT2D eigenvalue weighted by atomic mass is 19.4. The minimum atomic E-state index is -4.60. The summed E-state index contributed by atoms with van der Waals surface area (Å²) in [5.41, 5.74) is -0.120. The first-order chi connectivity index (χ1) is 12.3. The van der Waals surface area contributed by atoms with Gasteiger partial charge in [-0.1, -0.05) is 0 Å². The van der Waals surface area contributed by atoms with Gasteiger partial charge in [-0.2, -0.15) is 13.2 Å². The Labute approximate surface area is 143 Å². The van der Waals surface area contributed by atoms with Gasteiger partial charge in [0.15, 0.2) is 6.61 Å². The Balaban J connectivity index is 2.02. The molecule has 0 amide bonds.